The zero-order valence-electron chi connectivity index (χ0n) is 14.6. The zero-order chi connectivity index (χ0) is 17.7. The number of nitrogens with one attached hydrogen (secondary N) is 1. The smallest absolute Gasteiger partial charge is 0.407 e. The van der Waals surface area contributed by atoms with Crippen LogP contribution < -0.4 is 4.72 Å². The summed E-state index contributed by atoms with van der Waals surface area (Å²) in [7, 11) is 0. The predicted octanol–water partition coefficient (Wildman–Crippen LogP) is 2.86. The van der Waals surface area contributed by atoms with Crippen molar-refractivity contribution < 1.29 is 14.5 Å². The molecule has 1 aromatic rings. The van der Waals surface area contributed by atoms with E-state index in [0.29, 0.717) is 13.1 Å². The van der Waals surface area contributed by atoms with Crippen molar-refractivity contribution in [1.29, 1.82) is 0 Å². The lowest BCUT2D eigenvalue weighted by Gasteiger charge is -2.42. The largest absolute Gasteiger partial charge is 0.598 e. The van der Waals surface area contributed by atoms with E-state index in [-0.39, 0.29) is 16.2 Å². The highest BCUT2D eigenvalue weighted by molar-refractivity contribution is 7.90. The number of hydrogen-bond donors (Lipinski definition) is 2. The molecular formula is C16H25N3O3S2. The molecule has 2 heterocycles. The van der Waals surface area contributed by atoms with Crippen molar-refractivity contribution in [2.75, 3.05) is 13.1 Å². The molecule has 1 saturated heterocycles. The molecule has 1 fully saturated rings. The zero-order valence-corrected chi connectivity index (χ0v) is 16.2. The van der Waals surface area contributed by atoms with Crippen LogP contribution in [0.15, 0.2) is 0 Å². The molecule has 1 amide bonds. The number of aryl methyl sites for hydroxylation is 1. The summed E-state index contributed by atoms with van der Waals surface area (Å²) in [6.07, 6.45) is 1.55. The van der Waals surface area contributed by atoms with Gasteiger partial charge in [0.25, 0.3) is 0 Å². The third-order valence-corrected chi connectivity index (χ3v) is 7.68. The van der Waals surface area contributed by atoms with Crippen LogP contribution in [0.4, 0.5) is 4.79 Å². The summed E-state index contributed by atoms with van der Waals surface area (Å²) in [6, 6.07) is -0.00490. The fourth-order valence-corrected chi connectivity index (χ4v) is 5.77. The number of piperidine rings is 1. The molecule has 0 bridgehead atoms. The lowest BCUT2D eigenvalue weighted by Crippen LogP contribution is -2.50. The fraction of sp³-hybridized carbons (Fsp3) is 0.750. The summed E-state index contributed by atoms with van der Waals surface area (Å²) in [5.74, 6) is 0. The van der Waals surface area contributed by atoms with Crippen LogP contribution in [0.3, 0.4) is 0 Å². The standard InChI is InChI=1S/C16H25N3O3S2/c1-10-17-11-9-16(5-7-19(8-6-16)14(20)21)13(12(11)23-10)18-24(22)15(2,3)4/h13,18H,5-9H2,1-4H3,(H,20,21)/t13-,24?/m1/s1. The van der Waals surface area contributed by atoms with Crippen molar-refractivity contribution in [3.05, 3.63) is 15.6 Å². The van der Waals surface area contributed by atoms with Crippen molar-refractivity contribution in [3.8, 4) is 0 Å². The third kappa shape index (κ3) is 3.16. The summed E-state index contributed by atoms with van der Waals surface area (Å²) < 4.78 is 15.7. The Morgan fingerprint density at radius 3 is 2.62 bits per heavy atom. The predicted molar refractivity (Wildman–Crippen MR) is 95.6 cm³/mol. The van der Waals surface area contributed by atoms with Crippen LogP contribution in [0, 0.1) is 12.3 Å². The maximum atomic E-state index is 12.7. The molecule has 0 radical (unpaired) electrons. The molecule has 0 aromatic carbocycles. The van der Waals surface area contributed by atoms with Gasteiger partial charge in [-0.2, -0.15) is 0 Å². The van der Waals surface area contributed by atoms with E-state index in [9.17, 15) is 14.5 Å². The quantitative estimate of drug-likeness (QED) is 0.781. The van der Waals surface area contributed by atoms with Gasteiger partial charge in [-0.15, -0.1) is 16.1 Å². The molecule has 2 aliphatic rings. The first-order valence-electron chi connectivity index (χ1n) is 8.24. The highest BCUT2D eigenvalue weighted by Gasteiger charge is 2.52. The number of carboxylic acid groups (broad SMARTS) is 1. The molecule has 1 aliphatic heterocycles. The van der Waals surface area contributed by atoms with Gasteiger partial charge in [-0.1, -0.05) is 0 Å². The van der Waals surface area contributed by atoms with Gasteiger partial charge < -0.3 is 14.6 Å². The Bertz CT molecular complexity index is 633. The lowest BCUT2D eigenvalue weighted by atomic mass is 9.74. The Kier molecular flexibility index (Phi) is 4.61. The lowest BCUT2D eigenvalue weighted by molar-refractivity contribution is 0.0765. The van der Waals surface area contributed by atoms with E-state index in [2.05, 4.69) is 9.71 Å². The second-order valence-electron chi connectivity index (χ2n) is 7.78. The van der Waals surface area contributed by atoms with Gasteiger partial charge >= 0.3 is 6.09 Å². The monoisotopic (exact) mass is 371 g/mol. The van der Waals surface area contributed by atoms with Gasteiger partial charge in [0.1, 0.15) is 4.75 Å². The van der Waals surface area contributed by atoms with Crippen LogP contribution in [-0.4, -0.2) is 43.5 Å². The molecule has 134 valence electrons. The summed E-state index contributed by atoms with van der Waals surface area (Å²) in [5.41, 5.74) is 1.03. The SMILES string of the molecule is Cc1nc2c(s1)[C@@H](N[S+]([O-])C(C)(C)C)C1(CCN(C(=O)O)CC1)C2. The van der Waals surface area contributed by atoms with E-state index in [1.165, 1.54) is 9.78 Å². The Balaban J connectivity index is 1.86. The number of rotatable bonds is 2. The van der Waals surface area contributed by atoms with Gasteiger partial charge in [-0.05, 0) is 47.0 Å². The molecule has 8 heteroatoms. The Morgan fingerprint density at radius 1 is 1.46 bits per heavy atom. The molecule has 1 unspecified atom stereocenters. The molecule has 2 atom stereocenters. The summed E-state index contributed by atoms with van der Waals surface area (Å²) in [5, 5.41) is 10.2. The molecule has 3 rings (SSSR count). The topological polar surface area (TPSA) is 88.5 Å². The number of amides is 1. The molecule has 6 nitrogen and oxygen atoms in total. The van der Waals surface area contributed by atoms with Crippen LogP contribution in [0.5, 0.6) is 0 Å². The Morgan fingerprint density at radius 2 is 2.08 bits per heavy atom. The highest BCUT2D eigenvalue weighted by Crippen LogP contribution is 2.54. The third-order valence-electron chi connectivity index (χ3n) is 5.04. The first-order chi connectivity index (χ1) is 11.1. The second-order valence-corrected chi connectivity index (χ2v) is 11.0. The van der Waals surface area contributed by atoms with Crippen molar-refractivity contribution in [2.45, 2.75) is 57.7 Å². The number of likely N-dealkylation sites (tertiary alicyclic amines) is 1. The van der Waals surface area contributed by atoms with E-state index in [1.54, 1.807) is 11.3 Å². The maximum absolute atomic E-state index is 12.7. The minimum atomic E-state index is -1.17. The van der Waals surface area contributed by atoms with Gasteiger partial charge in [0.05, 0.1) is 16.7 Å². The van der Waals surface area contributed by atoms with Gasteiger partial charge in [0.2, 0.25) is 0 Å². The molecule has 1 aliphatic carbocycles. The second kappa shape index (κ2) is 6.16. The molecule has 24 heavy (non-hydrogen) atoms. The van der Waals surface area contributed by atoms with Gasteiger partial charge in [-0.25, -0.2) is 9.78 Å². The number of aromatic nitrogens is 1. The van der Waals surface area contributed by atoms with Crippen molar-refractivity contribution in [3.63, 3.8) is 0 Å². The molecule has 2 N–H and O–H groups in total. The average molecular weight is 372 g/mol. The van der Waals surface area contributed by atoms with E-state index in [4.69, 9.17) is 0 Å². The minimum Gasteiger partial charge on any atom is -0.598 e. The van der Waals surface area contributed by atoms with Gasteiger partial charge in [0.15, 0.2) is 0 Å². The van der Waals surface area contributed by atoms with E-state index in [0.717, 1.165) is 30.0 Å². The van der Waals surface area contributed by atoms with Crippen molar-refractivity contribution in [1.82, 2.24) is 14.6 Å². The van der Waals surface area contributed by atoms with Crippen LogP contribution in [0.1, 0.15) is 55.2 Å². The molecular weight excluding hydrogens is 346 g/mol. The number of carbonyl (C=O) groups is 1. The van der Waals surface area contributed by atoms with Crippen LogP contribution in [0.2, 0.25) is 0 Å². The van der Waals surface area contributed by atoms with Gasteiger partial charge in [0, 0.05) is 34.7 Å². The van der Waals surface area contributed by atoms with Gasteiger partial charge in [-0.3, -0.25) is 0 Å². The number of hydrogen-bond acceptors (Lipinski definition) is 5. The Labute approximate surface area is 150 Å². The van der Waals surface area contributed by atoms with E-state index >= 15 is 0 Å². The number of thiazole rings is 1. The molecule has 1 aromatic heterocycles. The van der Waals surface area contributed by atoms with Crippen molar-refractivity contribution >= 4 is 28.8 Å². The molecule has 0 saturated carbocycles. The molecule has 1 spiro atoms. The maximum Gasteiger partial charge on any atom is 0.407 e. The summed E-state index contributed by atoms with van der Waals surface area (Å²) in [6.45, 7) is 8.95. The van der Waals surface area contributed by atoms with E-state index in [1.807, 2.05) is 27.7 Å². The summed E-state index contributed by atoms with van der Waals surface area (Å²) in [4.78, 5) is 18.5. The first kappa shape index (κ1) is 18.0. The fourth-order valence-electron chi connectivity index (χ4n) is 3.62. The number of fused-ring (bicyclic) bond motifs is 1. The summed E-state index contributed by atoms with van der Waals surface area (Å²) >= 11 is 0.503. The average Bonchev–Trinajstić information content (AvgIpc) is 2.94. The van der Waals surface area contributed by atoms with Crippen LogP contribution >= 0.6 is 11.3 Å². The highest BCUT2D eigenvalue weighted by atomic mass is 32.2. The normalized spacial score (nSPS) is 24.2. The van der Waals surface area contributed by atoms with Crippen LogP contribution in [0.25, 0.3) is 0 Å². The Hall–Kier alpha value is -0.830. The number of nitrogens with zero attached hydrogens (tertiary/aromatic N) is 2. The van der Waals surface area contributed by atoms with E-state index < -0.39 is 17.5 Å². The van der Waals surface area contributed by atoms with Crippen LogP contribution in [-0.2, 0) is 17.8 Å². The van der Waals surface area contributed by atoms with Crippen molar-refractivity contribution in [2.24, 2.45) is 5.41 Å². The first-order valence-corrected chi connectivity index (χ1v) is 10.2. The minimum absolute atomic E-state index is 0.00490.